The number of imidazole rings is 1. The smallest absolute Gasteiger partial charge is 0.225 e. The van der Waals surface area contributed by atoms with Gasteiger partial charge in [0.15, 0.2) is 5.65 Å². The lowest BCUT2D eigenvalue weighted by atomic mass is 10.2. The molecule has 3 aromatic rings. The summed E-state index contributed by atoms with van der Waals surface area (Å²) in [5.74, 6) is 0.262. The molecule has 3 N–H and O–H groups in total. The average Bonchev–Trinajstić information content (AvgIpc) is 3.04. The molecule has 0 bridgehead atoms. The van der Waals surface area contributed by atoms with Gasteiger partial charge in [0.25, 0.3) is 0 Å². The van der Waals surface area contributed by atoms with Gasteiger partial charge in [-0.1, -0.05) is 0 Å². The van der Waals surface area contributed by atoms with Crippen LogP contribution in [0.3, 0.4) is 0 Å². The number of amides is 2. The summed E-state index contributed by atoms with van der Waals surface area (Å²) in [5, 5.41) is 6.26. The van der Waals surface area contributed by atoms with Crippen LogP contribution in [0.5, 0.6) is 0 Å². The quantitative estimate of drug-likeness (QED) is 0.338. The molecule has 0 atom stereocenters. The molecule has 0 fully saturated rings. The van der Waals surface area contributed by atoms with Crippen molar-refractivity contribution in [3.05, 3.63) is 35.9 Å². The van der Waals surface area contributed by atoms with Gasteiger partial charge in [-0.2, -0.15) is 4.98 Å². The van der Waals surface area contributed by atoms with E-state index >= 15 is 0 Å². The predicted molar refractivity (Wildman–Crippen MR) is 101 cm³/mol. The Hall–Kier alpha value is -2.65. The number of aromatic amines is 1. The number of hydrogen-bond acceptors (Lipinski definition) is 6. The summed E-state index contributed by atoms with van der Waals surface area (Å²) in [6.45, 7) is 1.44. The van der Waals surface area contributed by atoms with Gasteiger partial charge in [-0.25, -0.2) is 9.97 Å². The van der Waals surface area contributed by atoms with Gasteiger partial charge in [-0.3, -0.25) is 9.59 Å². The highest BCUT2D eigenvalue weighted by molar-refractivity contribution is 7.99. The van der Waals surface area contributed by atoms with Crippen LogP contribution in [0, 0.1) is 0 Å². The number of halogens is 1. The molecule has 2 heterocycles. The summed E-state index contributed by atoms with van der Waals surface area (Å²) in [7, 11) is 0. The summed E-state index contributed by atoms with van der Waals surface area (Å²) in [4.78, 5) is 38.3. The summed E-state index contributed by atoms with van der Waals surface area (Å²) < 4.78 is 0. The standard InChI is InChI=1S/C16H15ClN6O2S/c1-9(24)20-10-2-4-11(5-3-10)21-12(25)6-7-26-15-13-14(19-8-18-13)22-16(17)23-15/h2-5,8H,6-7H2,1H3,(H,20,24)(H,21,25)(H,18,19,22,23). The van der Waals surface area contributed by atoms with E-state index in [0.29, 0.717) is 39.7 Å². The number of rotatable bonds is 6. The number of benzene rings is 1. The fraction of sp³-hybridized carbons (Fsp3) is 0.188. The molecule has 0 radical (unpaired) electrons. The first-order valence-electron chi connectivity index (χ1n) is 7.68. The van der Waals surface area contributed by atoms with Gasteiger partial charge >= 0.3 is 0 Å². The van der Waals surface area contributed by atoms with Gasteiger partial charge in [0.1, 0.15) is 10.5 Å². The SMILES string of the molecule is CC(=O)Nc1ccc(NC(=O)CCSc2nc(Cl)nc3nc[nH]c23)cc1. The maximum absolute atomic E-state index is 12.1. The Balaban J connectivity index is 1.52. The number of nitrogens with zero attached hydrogens (tertiary/aromatic N) is 3. The van der Waals surface area contributed by atoms with Crippen LogP contribution < -0.4 is 10.6 Å². The highest BCUT2D eigenvalue weighted by Gasteiger charge is 2.10. The van der Waals surface area contributed by atoms with E-state index in [1.807, 2.05) is 0 Å². The molecule has 0 aliphatic rings. The molecule has 26 heavy (non-hydrogen) atoms. The molecule has 0 unspecified atom stereocenters. The Morgan fingerprint density at radius 1 is 1.15 bits per heavy atom. The maximum Gasteiger partial charge on any atom is 0.225 e. The van der Waals surface area contributed by atoms with Gasteiger partial charge in [0, 0.05) is 30.5 Å². The number of nitrogens with one attached hydrogen (secondary N) is 3. The number of aromatic nitrogens is 4. The number of thioether (sulfide) groups is 1. The van der Waals surface area contributed by atoms with E-state index in [0.717, 1.165) is 0 Å². The second-order valence-electron chi connectivity index (χ2n) is 5.30. The van der Waals surface area contributed by atoms with Gasteiger partial charge in [-0.05, 0) is 35.9 Å². The van der Waals surface area contributed by atoms with Crippen molar-refractivity contribution in [1.82, 2.24) is 19.9 Å². The number of fused-ring (bicyclic) bond motifs is 1. The highest BCUT2D eigenvalue weighted by Crippen LogP contribution is 2.25. The van der Waals surface area contributed by atoms with E-state index in [4.69, 9.17) is 11.6 Å². The van der Waals surface area contributed by atoms with E-state index in [9.17, 15) is 9.59 Å². The molecule has 0 saturated carbocycles. The molecule has 2 aromatic heterocycles. The van der Waals surface area contributed by atoms with Crippen LogP contribution in [0.2, 0.25) is 5.28 Å². The Morgan fingerprint density at radius 3 is 2.54 bits per heavy atom. The molecule has 134 valence electrons. The van der Waals surface area contributed by atoms with Gasteiger partial charge < -0.3 is 15.6 Å². The molecular weight excluding hydrogens is 376 g/mol. The topological polar surface area (TPSA) is 113 Å². The minimum absolute atomic E-state index is 0.120. The third-order valence-corrected chi connectivity index (χ3v) is 4.43. The third-order valence-electron chi connectivity index (χ3n) is 3.28. The van der Waals surface area contributed by atoms with Crippen molar-refractivity contribution < 1.29 is 9.59 Å². The van der Waals surface area contributed by atoms with E-state index < -0.39 is 0 Å². The number of carbonyl (C=O) groups is 2. The minimum Gasteiger partial charge on any atom is -0.341 e. The van der Waals surface area contributed by atoms with Crippen molar-refractivity contribution in [2.24, 2.45) is 0 Å². The highest BCUT2D eigenvalue weighted by atomic mass is 35.5. The first-order valence-corrected chi connectivity index (χ1v) is 9.04. The predicted octanol–water partition coefficient (Wildman–Crippen LogP) is 3.09. The van der Waals surface area contributed by atoms with Crippen molar-refractivity contribution in [3.63, 3.8) is 0 Å². The molecule has 8 nitrogen and oxygen atoms in total. The van der Waals surface area contributed by atoms with Crippen molar-refractivity contribution >= 4 is 57.7 Å². The molecule has 10 heteroatoms. The van der Waals surface area contributed by atoms with Crippen LogP contribution in [0.15, 0.2) is 35.6 Å². The molecule has 0 aliphatic heterocycles. The molecule has 0 aliphatic carbocycles. The van der Waals surface area contributed by atoms with Crippen LogP contribution in [0.4, 0.5) is 11.4 Å². The van der Waals surface area contributed by atoms with Crippen LogP contribution in [0.1, 0.15) is 13.3 Å². The molecule has 1 aromatic carbocycles. The monoisotopic (exact) mass is 390 g/mol. The number of anilines is 2. The second kappa shape index (κ2) is 8.15. The van der Waals surface area contributed by atoms with Crippen LogP contribution >= 0.6 is 23.4 Å². The van der Waals surface area contributed by atoms with Crippen molar-refractivity contribution in [3.8, 4) is 0 Å². The normalized spacial score (nSPS) is 10.7. The minimum atomic E-state index is -0.144. The van der Waals surface area contributed by atoms with E-state index in [1.165, 1.54) is 25.0 Å². The Labute approximate surface area is 158 Å². The largest absolute Gasteiger partial charge is 0.341 e. The zero-order valence-corrected chi connectivity index (χ0v) is 15.3. The second-order valence-corrected chi connectivity index (χ2v) is 6.73. The van der Waals surface area contributed by atoms with E-state index in [2.05, 4.69) is 30.6 Å². The lowest BCUT2D eigenvalue weighted by Crippen LogP contribution is -2.12. The molecule has 0 saturated heterocycles. The van der Waals surface area contributed by atoms with Crippen molar-refractivity contribution in [2.75, 3.05) is 16.4 Å². The number of carbonyl (C=O) groups excluding carboxylic acids is 2. The average molecular weight is 391 g/mol. The van der Waals surface area contributed by atoms with Gasteiger partial charge in [0.2, 0.25) is 17.1 Å². The zero-order chi connectivity index (χ0) is 18.5. The Kier molecular flexibility index (Phi) is 5.69. The summed E-state index contributed by atoms with van der Waals surface area (Å²) in [6, 6.07) is 6.91. The first kappa shape index (κ1) is 18.2. The summed E-state index contributed by atoms with van der Waals surface area (Å²) in [5.41, 5.74) is 2.54. The lowest BCUT2D eigenvalue weighted by molar-refractivity contribution is -0.116. The maximum atomic E-state index is 12.1. The summed E-state index contributed by atoms with van der Waals surface area (Å²) in [6.07, 6.45) is 1.83. The molecule has 2 amide bonds. The fourth-order valence-corrected chi connectivity index (χ4v) is 3.33. The van der Waals surface area contributed by atoms with Crippen LogP contribution in [0.25, 0.3) is 11.2 Å². The van der Waals surface area contributed by atoms with Crippen molar-refractivity contribution in [1.29, 1.82) is 0 Å². The molecule has 3 rings (SSSR count). The number of H-pyrrole nitrogens is 1. The van der Waals surface area contributed by atoms with E-state index in [1.54, 1.807) is 24.3 Å². The van der Waals surface area contributed by atoms with Gasteiger partial charge in [0.05, 0.1) is 6.33 Å². The fourth-order valence-electron chi connectivity index (χ4n) is 2.19. The van der Waals surface area contributed by atoms with Crippen LogP contribution in [-0.4, -0.2) is 37.5 Å². The van der Waals surface area contributed by atoms with E-state index in [-0.39, 0.29) is 17.1 Å². The number of hydrogen-bond donors (Lipinski definition) is 3. The molecule has 0 spiro atoms. The third kappa shape index (κ3) is 4.70. The Bertz CT molecular complexity index is 944. The van der Waals surface area contributed by atoms with Crippen LogP contribution in [-0.2, 0) is 9.59 Å². The first-order chi connectivity index (χ1) is 12.5. The Morgan fingerprint density at radius 2 is 1.85 bits per heavy atom. The van der Waals surface area contributed by atoms with Crippen molar-refractivity contribution in [2.45, 2.75) is 18.4 Å². The lowest BCUT2D eigenvalue weighted by Gasteiger charge is -2.07. The molecular formula is C16H15ClN6O2S. The zero-order valence-electron chi connectivity index (χ0n) is 13.7. The summed E-state index contributed by atoms with van der Waals surface area (Å²) >= 11 is 7.28. The van der Waals surface area contributed by atoms with Gasteiger partial charge in [-0.15, -0.1) is 11.8 Å².